The second-order valence-electron chi connectivity index (χ2n) is 5.35. The van der Waals surface area contributed by atoms with Gasteiger partial charge in [-0.15, -0.1) is 0 Å². The van der Waals surface area contributed by atoms with E-state index in [1.54, 1.807) is 0 Å². The Balaban J connectivity index is 1.86. The Kier molecular flexibility index (Phi) is 5.62. The molecule has 3 heteroatoms. The van der Waals surface area contributed by atoms with E-state index in [-0.39, 0.29) is 0 Å². The molecule has 3 nitrogen and oxygen atoms in total. The molecule has 1 aromatic heterocycles. The highest BCUT2D eigenvalue weighted by molar-refractivity contribution is 5.03. The quantitative estimate of drug-likeness (QED) is 0.839. The van der Waals surface area contributed by atoms with Crippen LogP contribution in [-0.2, 0) is 6.54 Å². The average Bonchev–Trinajstić information content (AvgIpc) is 2.41. The van der Waals surface area contributed by atoms with E-state index in [4.69, 9.17) is 5.73 Å². The molecule has 0 amide bonds. The number of hydrogen-bond acceptors (Lipinski definition) is 3. The Bertz CT molecular complexity index is 320. The Hall–Kier alpha value is -0.930. The van der Waals surface area contributed by atoms with E-state index in [1.807, 2.05) is 12.3 Å². The molecule has 0 bridgehead atoms. The van der Waals surface area contributed by atoms with E-state index < -0.39 is 0 Å². The standard InChI is InChI=1S/C15H25N3/c16-9-11-18(12-14-6-2-1-3-7-14)13-15-8-4-5-10-17-15/h4-5,8,10,14H,1-3,6-7,9,11-13,16H2. The van der Waals surface area contributed by atoms with Crippen LogP contribution in [0, 0.1) is 5.92 Å². The van der Waals surface area contributed by atoms with E-state index in [1.165, 1.54) is 38.6 Å². The van der Waals surface area contributed by atoms with Crippen molar-refractivity contribution in [2.45, 2.75) is 38.6 Å². The van der Waals surface area contributed by atoms with Crippen LogP contribution in [0.3, 0.4) is 0 Å². The topological polar surface area (TPSA) is 42.1 Å². The van der Waals surface area contributed by atoms with E-state index >= 15 is 0 Å². The summed E-state index contributed by atoms with van der Waals surface area (Å²) in [7, 11) is 0. The SMILES string of the molecule is NCCN(Cc1ccccn1)CC1CCCCC1. The summed E-state index contributed by atoms with van der Waals surface area (Å²) in [6.07, 6.45) is 8.90. The summed E-state index contributed by atoms with van der Waals surface area (Å²) in [4.78, 5) is 6.88. The molecule has 1 heterocycles. The predicted octanol–water partition coefficient (Wildman–Crippen LogP) is 2.42. The molecule has 0 aromatic carbocycles. The van der Waals surface area contributed by atoms with Gasteiger partial charge in [0.05, 0.1) is 5.69 Å². The van der Waals surface area contributed by atoms with Gasteiger partial charge in [-0.05, 0) is 30.9 Å². The third-order valence-electron chi connectivity index (χ3n) is 3.80. The largest absolute Gasteiger partial charge is 0.329 e. The minimum atomic E-state index is 0.736. The summed E-state index contributed by atoms with van der Waals surface area (Å²) >= 11 is 0. The van der Waals surface area contributed by atoms with Crippen LogP contribution in [0.15, 0.2) is 24.4 Å². The van der Waals surface area contributed by atoms with Crippen molar-refractivity contribution in [3.63, 3.8) is 0 Å². The molecule has 1 saturated carbocycles. The first-order valence-corrected chi connectivity index (χ1v) is 7.21. The molecule has 18 heavy (non-hydrogen) atoms. The van der Waals surface area contributed by atoms with Crippen molar-refractivity contribution in [2.75, 3.05) is 19.6 Å². The van der Waals surface area contributed by atoms with Gasteiger partial charge >= 0.3 is 0 Å². The Labute approximate surface area is 110 Å². The van der Waals surface area contributed by atoms with Gasteiger partial charge in [0.2, 0.25) is 0 Å². The first-order chi connectivity index (χ1) is 8.88. The molecule has 1 aliphatic rings. The minimum absolute atomic E-state index is 0.736. The third kappa shape index (κ3) is 4.39. The highest BCUT2D eigenvalue weighted by atomic mass is 15.1. The Morgan fingerprint density at radius 1 is 1.22 bits per heavy atom. The fourth-order valence-electron chi connectivity index (χ4n) is 2.87. The molecule has 1 fully saturated rings. The van der Waals surface area contributed by atoms with Gasteiger partial charge in [0.15, 0.2) is 0 Å². The minimum Gasteiger partial charge on any atom is -0.329 e. The molecule has 1 aromatic rings. The molecule has 0 aliphatic heterocycles. The lowest BCUT2D eigenvalue weighted by molar-refractivity contribution is 0.196. The molecule has 2 rings (SSSR count). The highest BCUT2D eigenvalue weighted by Crippen LogP contribution is 2.24. The maximum absolute atomic E-state index is 5.73. The van der Waals surface area contributed by atoms with Crippen LogP contribution in [0.5, 0.6) is 0 Å². The zero-order valence-corrected chi connectivity index (χ0v) is 11.2. The average molecular weight is 247 g/mol. The molecule has 100 valence electrons. The monoisotopic (exact) mass is 247 g/mol. The van der Waals surface area contributed by atoms with Gasteiger partial charge in [-0.25, -0.2) is 0 Å². The molecule has 1 aliphatic carbocycles. The van der Waals surface area contributed by atoms with Crippen LogP contribution < -0.4 is 5.73 Å². The predicted molar refractivity (Wildman–Crippen MR) is 75.1 cm³/mol. The lowest BCUT2D eigenvalue weighted by Crippen LogP contribution is -2.34. The summed E-state index contributed by atoms with van der Waals surface area (Å²) in [5.41, 5.74) is 6.88. The lowest BCUT2D eigenvalue weighted by atomic mass is 9.89. The van der Waals surface area contributed by atoms with Crippen molar-refractivity contribution in [3.05, 3.63) is 30.1 Å². The number of pyridine rings is 1. The van der Waals surface area contributed by atoms with Crippen molar-refractivity contribution >= 4 is 0 Å². The number of aromatic nitrogens is 1. The lowest BCUT2D eigenvalue weighted by Gasteiger charge is -2.29. The van der Waals surface area contributed by atoms with Crippen LogP contribution in [-0.4, -0.2) is 29.5 Å². The van der Waals surface area contributed by atoms with Crippen molar-refractivity contribution in [1.82, 2.24) is 9.88 Å². The van der Waals surface area contributed by atoms with E-state index in [0.717, 1.165) is 31.2 Å². The van der Waals surface area contributed by atoms with E-state index in [9.17, 15) is 0 Å². The van der Waals surface area contributed by atoms with Crippen LogP contribution in [0.1, 0.15) is 37.8 Å². The van der Waals surface area contributed by atoms with Crippen LogP contribution in [0.4, 0.5) is 0 Å². The third-order valence-corrected chi connectivity index (χ3v) is 3.80. The van der Waals surface area contributed by atoms with Gasteiger partial charge in [-0.3, -0.25) is 9.88 Å². The van der Waals surface area contributed by atoms with E-state index in [0.29, 0.717) is 0 Å². The fourth-order valence-corrected chi connectivity index (χ4v) is 2.87. The first kappa shape index (κ1) is 13.5. The Morgan fingerprint density at radius 2 is 2.06 bits per heavy atom. The van der Waals surface area contributed by atoms with Crippen molar-refractivity contribution in [3.8, 4) is 0 Å². The van der Waals surface area contributed by atoms with Gasteiger partial charge in [-0.1, -0.05) is 25.3 Å². The first-order valence-electron chi connectivity index (χ1n) is 7.21. The van der Waals surface area contributed by atoms with Crippen molar-refractivity contribution in [2.24, 2.45) is 11.7 Å². The maximum Gasteiger partial charge on any atom is 0.0543 e. The molecule has 2 N–H and O–H groups in total. The Morgan fingerprint density at radius 3 is 2.72 bits per heavy atom. The normalized spacial score (nSPS) is 17.2. The number of nitrogens with zero attached hydrogens (tertiary/aromatic N) is 2. The summed E-state index contributed by atoms with van der Waals surface area (Å²) < 4.78 is 0. The number of hydrogen-bond donors (Lipinski definition) is 1. The molecular weight excluding hydrogens is 222 g/mol. The summed E-state index contributed by atoms with van der Waals surface area (Å²) in [5.74, 6) is 0.869. The van der Waals surface area contributed by atoms with Gasteiger partial charge < -0.3 is 5.73 Å². The van der Waals surface area contributed by atoms with Crippen LogP contribution in [0.2, 0.25) is 0 Å². The second kappa shape index (κ2) is 7.49. The fraction of sp³-hybridized carbons (Fsp3) is 0.667. The second-order valence-corrected chi connectivity index (χ2v) is 5.35. The van der Waals surface area contributed by atoms with Gasteiger partial charge in [-0.2, -0.15) is 0 Å². The highest BCUT2D eigenvalue weighted by Gasteiger charge is 2.17. The van der Waals surface area contributed by atoms with Gasteiger partial charge in [0.25, 0.3) is 0 Å². The van der Waals surface area contributed by atoms with Gasteiger partial charge in [0, 0.05) is 32.4 Å². The summed E-state index contributed by atoms with van der Waals surface area (Å²) in [5, 5.41) is 0. The smallest absolute Gasteiger partial charge is 0.0543 e. The van der Waals surface area contributed by atoms with Crippen LogP contribution in [0.25, 0.3) is 0 Å². The van der Waals surface area contributed by atoms with E-state index in [2.05, 4.69) is 22.0 Å². The van der Waals surface area contributed by atoms with Gasteiger partial charge in [0.1, 0.15) is 0 Å². The molecule has 0 radical (unpaired) electrons. The molecule has 0 spiro atoms. The number of rotatable bonds is 6. The summed E-state index contributed by atoms with van der Waals surface area (Å²) in [6, 6.07) is 6.13. The number of nitrogens with two attached hydrogens (primary N) is 1. The molecule has 0 atom stereocenters. The molecule has 0 saturated heterocycles. The van der Waals surface area contributed by atoms with Crippen molar-refractivity contribution in [1.29, 1.82) is 0 Å². The zero-order chi connectivity index (χ0) is 12.6. The molecular formula is C15H25N3. The zero-order valence-electron chi connectivity index (χ0n) is 11.2. The molecule has 0 unspecified atom stereocenters. The van der Waals surface area contributed by atoms with Crippen molar-refractivity contribution < 1.29 is 0 Å². The van der Waals surface area contributed by atoms with Crippen LogP contribution >= 0.6 is 0 Å². The summed E-state index contributed by atoms with van der Waals surface area (Å²) in [6.45, 7) is 3.84. The maximum atomic E-state index is 5.73.